The van der Waals surface area contributed by atoms with Gasteiger partial charge in [-0.3, -0.25) is 29.8 Å². The molecule has 4 rings (SSSR count). The Kier molecular flexibility index (Phi) is 16.7. The Morgan fingerprint density at radius 1 is 0.692 bits per heavy atom. The Morgan fingerprint density at radius 3 is 1.48 bits per heavy atom. The third-order valence-corrected chi connectivity index (χ3v) is 9.28. The summed E-state index contributed by atoms with van der Waals surface area (Å²) < 4.78 is 5.14. The molecule has 6 atom stereocenters. The number of carboxylic acid groups (broad SMARTS) is 3. The van der Waals surface area contributed by atoms with Gasteiger partial charge in [-0.05, 0) is 83.3 Å². The van der Waals surface area contributed by atoms with E-state index in [4.69, 9.17) is 4.74 Å². The van der Waals surface area contributed by atoms with Gasteiger partial charge < -0.3 is 29.9 Å². The van der Waals surface area contributed by atoms with E-state index in [2.05, 4.69) is 10.6 Å². The maximum Gasteiger partial charge on any atom is 0.326 e. The number of carbonyl (C=O) groups excluding carboxylic acids is 3. The minimum absolute atomic E-state index is 0.262. The first-order valence-electron chi connectivity index (χ1n) is 17.9. The smallest absolute Gasteiger partial charge is 0.326 e. The van der Waals surface area contributed by atoms with Crippen LogP contribution in [0.25, 0.3) is 0 Å². The van der Waals surface area contributed by atoms with Crippen molar-refractivity contribution in [3.63, 3.8) is 0 Å². The van der Waals surface area contributed by atoms with Crippen LogP contribution in [0.3, 0.4) is 0 Å². The number of aryl methyl sites for hydroxylation is 2. The second-order valence-corrected chi connectivity index (χ2v) is 13.1. The van der Waals surface area contributed by atoms with Gasteiger partial charge in [0, 0.05) is 13.1 Å². The minimum atomic E-state index is -1.02. The fraction of sp³-hybridized carbons (Fsp3) is 0.526. The van der Waals surface area contributed by atoms with E-state index in [1.165, 1.54) is 9.80 Å². The zero-order valence-electron chi connectivity index (χ0n) is 30.1. The molecule has 0 aromatic heterocycles. The van der Waals surface area contributed by atoms with Crippen molar-refractivity contribution in [2.45, 2.75) is 108 Å². The number of benzene rings is 2. The Hall–Kier alpha value is -4.82. The van der Waals surface area contributed by atoms with Crippen LogP contribution >= 0.6 is 0 Å². The van der Waals surface area contributed by atoms with E-state index in [1.807, 2.05) is 60.7 Å². The van der Waals surface area contributed by atoms with Gasteiger partial charge in [0.15, 0.2) is 0 Å². The molecule has 0 spiro atoms. The van der Waals surface area contributed by atoms with Gasteiger partial charge in [-0.25, -0.2) is 9.59 Å². The molecule has 2 aromatic rings. The van der Waals surface area contributed by atoms with Crippen LogP contribution in [0.2, 0.25) is 0 Å². The van der Waals surface area contributed by atoms with E-state index >= 15 is 0 Å². The summed E-state index contributed by atoms with van der Waals surface area (Å²) in [5.41, 5.74) is 2.12. The topological polar surface area (TPSA) is 203 Å². The van der Waals surface area contributed by atoms with Crippen LogP contribution in [0.15, 0.2) is 60.7 Å². The lowest BCUT2D eigenvalue weighted by Crippen LogP contribution is -2.53. The number of carboxylic acids is 3. The zero-order chi connectivity index (χ0) is 38.2. The number of hydrogen-bond donors (Lipinski definition) is 5. The Labute approximate surface area is 304 Å². The lowest BCUT2D eigenvalue weighted by atomic mass is 10.0. The summed E-state index contributed by atoms with van der Waals surface area (Å²) in [6, 6.07) is 14.8. The molecule has 2 aromatic carbocycles. The number of esters is 1. The van der Waals surface area contributed by atoms with E-state index < -0.39 is 60.1 Å². The molecular formula is C38H52N4O10. The van der Waals surface area contributed by atoms with Crippen LogP contribution in [0.5, 0.6) is 0 Å². The van der Waals surface area contributed by atoms with Crippen molar-refractivity contribution in [2.75, 3.05) is 19.7 Å². The van der Waals surface area contributed by atoms with E-state index in [0.717, 1.165) is 11.1 Å². The second-order valence-electron chi connectivity index (χ2n) is 13.1. The molecule has 14 heteroatoms. The van der Waals surface area contributed by atoms with Crippen molar-refractivity contribution in [1.29, 1.82) is 0 Å². The molecule has 2 fully saturated rings. The van der Waals surface area contributed by atoms with Crippen molar-refractivity contribution in [2.24, 2.45) is 0 Å². The van der Waals surface area contributed by atoms with Crippen molar-refractivity contribution in [1.82, 2.24) is 20.4 Å². The van der Waals surface area contributed by atoms with Crippen LogP contribution in [0.1, 0.15) is 70.4 Å². The van der Waals surface area contributed by atoms with Crippen molar-refractivity contribution < 1.29 is 48.8 Å². The molecule has 0 saturated carbocycles. The van der Waals surface area contributed by atoms with E-state index in [1.54, 1.807) is 20.8 Å². The zero-order valence-corrected chi connectivity index (χ0v) is 30.1. The molecule has 0 radical (unpaired) electrons. The SMILES string of the molecule is CCOC(=O)[C@H](CCc1ccccc1)N[C@@H](C)C(=O)N1CCC[C@H]1C(=O)O.C[C@H](N[C@@H](CCc1ccccc1)C(=O)O)C(=O)N1CCC[C@H]1C(=O)O. The lowest BCUT2D eigenvalue weighted by molar-refractivity contribution is -0.150. The number of aliphatic carboxylic acids is 3. The number of ether oxygens (including phenoxy) is 1. The van der Waals surface area contributed by atoms with Crippen molar-refractivity contribution in [3.05, 3.63) is 71.8 Å². The highest BCUT2D eigenvalue weighted by atomic mass is 16.5. The van der Waals surface area contributed by atoms with E-state index in [0.29, 0.717) is 64.5 Å². The van der Waals surface area contributed by atoms with Crippen molar-refractivity contribution >= 4 is 35.7 Å². The maximum absolute atomic E-state index is 12.7. The molecule has 284 valence electrons. The quantitative estimate of drug-likeness (QED) is 0.150. The first kappa shape index (κ1) is 41.6. The molecule has 14 nitrogen and oxygen atoms in total. The minimum Gasteiger partial charge on any atom is -0.480 e. The van der Waals surface area contributed by atoms with Gasteiger partial charge in [0.25, 0.3) is 0 Å². The lowest BCUT2D eigenvalue weighted by Gasteiger charge is -2.27. The summed E-state index contributed by atoms with van der Waals surface area (Å²) in [6.07, 6.45) is 4.29. The standard InChI is InChI=1S/C20H28N2O5.C18H24N2O5/c1-3-27-20(26)16(12-11-15-8-5-4-6-9-15)21-14(2)18(23)22-13-7-10-17(22)19(24)25;1-12(16(21)20-11-5-8-15(20)18(24)25)19-14(17(22)23)10-9-13-6-3-2-4-7-13/h4-6,8-9,14,16-17,21H,3,7,10-13H2,1-2H3,(H,24,25);2-4,6-7,12,14-15,19H,5,8-11H2,1H3,(H,22,23)(H,24,25)/t14-,16-,17-;12-,14-,15-/m00/s1. The number of amides is 2. The third-order valence-electron chi connectivity index (χ3n) is 9.28. The first-order chi connectivity index (χ1) is 24.8. The van der Waals surface area contributed by atoms with Crippen molar-refractivity contribution in [3.8, 4) is 0 Å². The average Bonchev–Trinajstić information content (AvgIpc) is 3.83. The molecule has 2 aliphatic rings. The molecule has 2 heterocycles. The number of nitrogens with one attached hydrogen (secondary N) is 2. The van der Waals surface area contributed by atoms with Crippen LogP contribution in [-0.2, 0) is 46.3 Å². The molecule has 2 saturated heterocycles. The van der Waals surface area contributed by atoms with Gasteiger partial charge in [-0.2, -0.15) is 0 Å². The highest BCUT2D eigenvalue weighted by molar-refractivity contribution is 5.89. The number of rotatable bonds is 17. The molecule has 0 bridgehead atoms. The highest BCUT2D eigenvalue weighted by Gasteiger charge is 2.38. The molecule has 0 unspecified atom stereocenters. The average molecular weight is 725 g/mol. The van der Waals surface area contributed by atoms with Crippen LogP contribution in [0.4, 0.5) is 0 Å². The Morgan fingerprint density at radius 2 is 1.10 bits per heavy atom. The molecule has 2 amide bonds. The third kappa shape index (κ3) is 12.4. The molecular weight excluding hydrogens is 672 g/mol. The van der Waals surface area contributed by atoms with Gasteiger partial charge in [-0.1, -0.05) is 60.7 Å². The summed E-state index contributed by atoms with van der Waals surface area (Å²) in [4.78, 5) is 74.3. The fourth-order valence-electron chi connectivity index (χ4n) is 6.52. The molecule has 0 aliphatic carbocycles. The fourth-order valence-corrected chi connectivity index (χ4v) is 6.52. The van der Waals surface area contributed by atoms with Crippen LogP contribution < -0.4 is 10.6 Å². The second kappa shape index (κ2) is 20.9. The van der Waals surface area contributed by atoms with Gasteiger partial charge in [0.1, 0.15) is 24.2 Å². The Bertz CT molecular complexity index is 1490. The van der Waals surface area contributed by atoms with Crippen LogP contribution in [0, 0.1) is 0 Å². The number of likely N-dealkylation sites (tertiary alicyclic amines) is 2. The van der Waals surface area contributed by atoms with Gasteiger partial charge in [0.05, 0.1) is 18.7 Å². The normalized spacial score (nSPS) is 19.1. The maximum atomic E-state index is 12.7. The Balaban J connectivity index is 0.000000281. The summed E-state index contributed by atoms with van der Waals surface area (Å²) in [7, 11) is 0. The number of carbonyl (C=O) groups is 6. The van der Waals surface area contributed by atoms with Crippen LogP contribution in [-0.4, -0.2) is 117 Å². The van der Waals surface area contributed by atoms with E-state index in [9.17, 15) is 44.1 Å². The predicted molar refractivity (Wildman–Crippen MR) is 191 cm³/mol. The highest BCUT2D eigenvalue weighted by Crippen LogP contribution is 2.20. The number of hydrogen-bond acceptors (Lipinski definition) is 9. The van der Waals surface area contributed by atoms with Gasteiger partial charge in [0.2, 0.25) is 11.8 Å². The largest absolute Gasteiger partial charge is 0.480 e. The summed E-state index contributed by atoms with van der Waals surface area (Å²) in [5.74, 6) is -4.09. The van der Waals surface area contributed by atoms with Gasteiger partial charge >= 0.3 is 23.9 Å². The first-order valence-corrected chi connectivity index (χ1v) is 17.9. The van der Waals surface area contributed by atoms with Gasteiger partial charge in [-0.15, -0.1) is 0 Å². The summed E-state index contributed by atoms with van der Waals surface area (Å²) in [6.45, 7) is 6.06. The number of nitrogens with zero attached hydrogens (tertiary/aromatic N) is 2. The molecule has 2 aliphatic heterocycles. The van der Waals surface area contributed by atoms with E-state index in [-0.39, 0.29) is 18.4 Å². The molecule has 5 N–H and O–H groups in total. The predicted octanol–water partition coefficient (Wildman–Crippen LogP) is 2.73. The molecule has 52 heavy (non-hydrogen) atoms. The summed E-state index contributed by atoms with van der Waals surface area (Å²) in [5, 5.41) is 33.8. The monoisotopic (exact) mass is 724 g/mol. The summed E-state index contributed by atoms with van der Waals surface area (Å²) >= 11 is 0.